The van der Waals surface area contributed by atoms with Crippen molar-refractivity contribution in [3.8, 4) is 0 Å². The van der Waals surface area contributed by atoms with Gasteiger partial charge in [0, 0.05) is 19.7 Å². The molecule has 1 N–H and O–H groups in total. The van der Waals surface area contributed by atoms with Gasteiger partial charge in [0.2, 0.25) is 16.0 Å². The molecule has 3 heterocycles. The summed E-state index contributed by atoms with van der Waals surface area (Å²) in [4.78, 5) is 2.29. The van der Waals surface area contributed by atoms with Gasteiger partial charge in [0.15, 0.2) is 5.82 Å². The lowest BCUT2D eigenvalue weighted by atomic mass is 9.80. The van der Waals surface area contributed by atoms with Gasteiger partial charge in [-0.05, 0) is 43.9 Å². The summed E-state index contributed by atoms with van der Waals surface area (Å²) in [5.41, 5.74) is 0.250. The van der Waals surface area contributed by atoms with Crippen molar-refractivity contribution in [1.82, 2.24) is 19.5 Å². The second-order valence-electron chi connectivity index (χ2n) is 9.37. The Morgan fingerprint density at radius 1 is 1.25 bits per heavy atom. The largest absolute Gasteiger partial charge is 0.376 e. The number of aromatic nitrogens is 3. The minimum atomic E-state index is -3.34. The molecule has 2 aliphatic rings. The van der Waals surface area contributed by atoms with Crippen LogP contribution in [-0.2, 0) is 21.3 Å². The van der Waals surface area contributed by atoms with Gasteiger partial charge in [0.25, 0.3) is 0 Å². The Kier molecular flexibility index (Phi) is 6.36. The van der Waals surface area contributed by atoms with Gasteiger partial charge in [-0.2, -0.15) is 0 Å². The average molecular weight is 414 g/mol. The second kappa shape index (κ2) is 8.28. The third-order valence-electron chi connectivity index (χ3n) is 5.89. The van der Waals surface area contributed by atoms with E-state index in [1.54, 1.807) is 0 Å². The first-order chi connectivity index (χ1) is 13.0. The fraction of sp³-hybridized carbons (Fsp3) is 0.895. The smallest absolute Gasteiger partial charge is 0.227 e. The summed E-state index contributed by atoms with van der Waals surface area (Å²) in [6, 6.07) is -0.444. The highest BCUT2D eigenvalue weighted by Crippen LogP contribution is 2.35. The predicted octanol–water partition coefficient (Wildman–Crippen LogP) is 2.33. The zero-order valence-electron chi connectivity index (χ0n) is 17.8. The summed E-state index contributed by atoms with van der Waals surface area (Å²) in [6.45, 7) is 12.0. The molecule has 2 saturated heterocycles. The normalized spacial score (nSPS) is 25.2. The number of hydrogen-bond acceptors (Lipinski definition) is 6. The molecule has 1 aromatic heterocycles. The van der Waals surface area contributed by atoms with E-state index in [2.05, 4.69) is 45.2 Å². The number of anilines is 1. The number of hydrogen-bond donors (Lipinski definition) is 1. The van der Waals surface area contributed by atoms with Gasteiger partial charge in [-0.15, -0.1) is 10.2 Å². The van der Waals surface area contributed by atoms with Gasteiger partial charge >= 0.3 is 0 Å². The minimum Gasteiger partial charge on any atom is -0.376 e. The van der Waals surface area contributed by atoms with Crippen molar-refractivity contribution in [2.24, 2.45) is 11.3 Å². The van der Waals surface area contributed by atoms with Crippen LogP contribution in [0.2, 0.25) is 0 Å². The predicted molar refractivity (Wildman–Crippen MR) is 110 cm³/mol. The first kappa shape index (κ1) is 21.5. The maximum atomic E-state index is 11.7. The van der Waals surface area contributed by atoms with Crippen LogP contribution in [0.1, 0.15) is 65.2 Å². The third kappa shape index (κ3) is 5.24. The Morgan fingerprint density at radius 3 is 2.57 bits per heavy atom. The van der Waals surface area contributed by atoms with E-state index in [1.807, 2.05) is 6.92 Å². The van der Waals surface area contributed by atoms with Crippen molar-refractivity contribution in [2.75, 3.05) is 30.9 Å². The summed E-state index contributed by atoms with van der Waals surface area (Å²) in [5, 5.41) is 8.87. The maximum Gasteiger partial charge on any atom is 0.227 e. The lowest BCUT2D eigenvalue weighted by molar-refractivity contribution is 0.00556. The van der Waals surface area contributed by atoms with Crippen LogP contribution in [0.25, 0.3) is 0 Å². The van der Waals surface area contributed by atoms with E-state index < -0.39 is 16.1 Å². The van der Waals surface area contributed by atoms with Gasteiger partial charge in [-0.3, -0.25) is 4.57 Å². The summed E-state index contributed by atoms with van der Waals surface area (Å²) >= 11 is 0. The molecule has 0 aliphatic carbocycles. The van der Waals surface area contributed by atoms with E-state index in [-0.39, 0.29) is 11.5 Å². The third-order valence-corrected chi connectivity index (χ3v) is 6.68. The number of nitrogens with zero attached hydrogens (tertiary/aromatic N) is 4. The Hall–Kier alpha value is -1.19. The molecule has 3 rings (SSSR count). The Bertz CT molecular complexity index is 765. The van der Waals surface area contributed by atoms with E-state index >= 15 is 0 Å². The molecule has 2 aliphatic heterocycles. The molecule has 3 atom stereocenters. The van der Waals surface area contributed by atoms with Gasteiger partial charge < -0.3 is 9.64 Å². The first-order valence-corrected chi connectivity index (χ1v) is 12.2. The topological polar surface area (TPSA) is 89.4 Å². The molecule has 8 nitrogen and oxygen atoms in total. The van der Waals surface area contributed by atoms with Crippen LogP contribution >= 0.6 is 0 Å². The van der Waals surface area contributed by atoms with Crippen molar-refractivity contribution in [3.63, 3.8) is 0 Å². The highest BCUT2D eigenvalue weighted by molar-refractivity contribution is 7.88. The number of rotatable bonds is 6. The second-order valence-corrected chi connectivity index (χ2v) is 11.1. The average Bonchev–Trinajstić information content (AvgIpc) is 3.20. The minimum absolute atomic E-state index is 0.119. The summed E-state index contributed by atoms with van der Waals surface area (Å²) in [7, 11) is -3.34. The zero-order chi connectivity index (χ0) is 20.5. The molecular formula is C19H35N5O3S. The molecule has 0 radical (unpaired) electrons. The molecule has 0 aromatic carbocycles. The molecule has 9 heteroatoms. The van der Waals surface area contributed by atoms with Crippen LogP contribution in [0.5, 0.6) is 0 Å². The van der Waals surface area contributed by atoms with Crippen molar-refractivity contribution < 1.29 is 13.2 Å². The number of ether oxygens (including phenoxy) is 1. The molecule has 0 bridgehead atoms. The summed E-state index contributed by atoms with van der Waals surface area (Å²) in [5.74, 6) is 2.07. The first-order valence-electron chi connectivity index (χ1n) is 10.3. The molecule has 0 spiro atoms. The van der Waals surface area contributed by atoms with E-state index in [9.17, 15) is 8.42 Å². The maximum absolute atomic E-state index is 11.7. The zero-order valence-corrected chi connectivity index (χ0v) is 18.6. The highest BCUT2D eigenvalue weighted by atomic mass is 32.2. The molecule has 0 saturated carbocycles. The van der Waals surface area contributed by atoms with E-state index in [0.29, 0.717) is 18.3 Å². The molecule has 28 heavy (non-hydrogen) atoms. The number of nitrogens with one attached hydrogen (secondary N) is 1. The van der Waals surface area contributed by atoms with E-state index in [0.717, 1.165) is 51.3 Å². The fourth-order valence-electron chi connectivity index (χ4n) is 4.21. The summed E-state index contributed by atoms with van der Waals surface area (Å²) < 4.78 is 34.1. The van der Waals surface area contributed by atoms with Crippen molar-refractivity contribution in [1.29, 1.82) is 0 Å². The highest BCUT2D eigenvalue weighted by Gasteiger charge is 2.35. The van der Waals surface area contributed by atoms with Crippen LogP contribution in [0.3, 0.4) is 0 Å². The molecule has 2 fully saturated rings. The monoisotopic (exact) mass is 413 g/mol. The molecule has 160 valence electrons. The SMILES string of the molecule is C[C@H](NS(C)(=O)=O)c1nnc(N2CC[C@@H](C(C)(C)C)C2)n1C[C@H]1CCCCO1. The lowest BCUT2D eigenvalue weighted by Gasteiger charge is -2.28. The van der Waals surface area contributed by atoms with Gasteiger partial charge in [-0.1, -0.05) is 20.8 Å². The molecule has 0 unspecified atom stereocenters. The van der Waals surface area contributed by atoms with Crippen LogP contribution in [0, 0.1) is 11.3 Å². The van der Waals surface area contributed by atoms with Crippen LogP contribution in [-0.4, -0.2) is 55.2 Å². The van der Waals surface area contributed by atoms with Gasteiger partial charge in [0.05, 0.1) is 24.9 Å². The van der Waals surface area contributed by atoms with Crippen molar-refractivity contribution in [2.45, 2.75) is 72.1 Å². The fourth-order valence-corrected chi connectivity index (χ4v) is 4.96. The van der Waals surface area contributed by atoms with Crippen LogP contribution in [0.4, 0.5) is 5.95 Å². The molecule has 1 aromatic rings. The van der Waals surface area contributed by atoms with Crippen molar-refractivity contribution >= 4 is 16.0 Å². The Labute approximate surface area is 169 Å². The summed E-state index contributed by atoms with van der Waals surface area (Å²) in [6.07, 6.45) is 5.68. The Morgan fingerprint density at radius 2 is 2.00 bits per heavy atom. The van der Waals surface area contributed by atoms with Gasteiger partial charge in [0.1, 0.15) is 0 Å². The molecular weight excluding hydrogens is 378 g/mol. The van der Waals surface area contributed by atoms with Crippen LogP contribution in [0.15, 0.2) is 0 Å². The Balaban J connectivity index is 1.86. The van der Waals surface area contributed by atoms with E-state index in [4.69, 9.17) is 4.74 Å². The number of sulfonamides is 1. The van der Waals surface area contributed by atoms with Gasteiger partial charge in [-0.25, -0.2) is 13.1 Å². The van der Waals surface area contributed by atoms with E-state index in [1.165, 1.54) is 6.26 Å². The van der Waals surface area contributed by atoms with Crippen LogP contribution < -0.4 is 9.62 Å². The van der Waals surface area contributed by atoms with Crippen molar-refractivity contribution in [3.05, 3.63) is 5.82 Å². The lowest BCUT2D eigenvalue weighted by Crippen LogP contribution is -2.33. The quantitative estimate of drug-likeness (QED) is 0.770. The standard InChI is InChI=1S/C19H35N5O3S/c1-14(22-28(5,25)26)17-20-21-18(23-10-9-15(12-23)19(2,3)4)24(17)13-16-8-6-7-11-27-16/h14-16,22H,6-13H2,1-5H3/t14-,15+,16+/m0/s1. The molecule has 0 amide bonds.